The van der Waals surface area contributed by atoms with E-state index in [4.69, 9.17) is 0 Å². The molecule has 0 heterocycles. The predicted octanol–water partition coefficient (Wildman–Crippen LogP) is 3.22. The van der Waals surface area contributed by atoms with Gasteiger partial charge in [0.1, 0.15) is 0 Å². The second-order valence-corrected chi connectivity index (χ2v) is 3.93. The van der Waals surface area contributed by atoms with Crippen LogP contribution in [0.1, 0.15) is 36.3 Å². The van der Waals surface area contributed by atoms with Crippen LogP contribution in [-0.2, 0) is 0 Å². The topological polar surface area (TPSA) is 0 Å². The van der Waals surface area contributed by atoms with Gasteiger partial charge < -0.3 is 0 Å². The van der Waals surface area contributed by atoms with Crippen LogP contribution in [0.5, 0.6) is 0 Å². The van der Waals surface area contributed by atoms with E-state index in [-0.39, 0.29) is 0 Å². The first-order valence-electron chi connectivity index (χ1n) is 4.63. The van der Waals surface area contributed by atoms with Gasteiger partial charge in [0.25, 0.3) is 0 Å². The lowest BCUT2D eigenvalue weighted by atomic mass is 9.92. The Morgan fingerprint density at radius 3 is 2.75 bits per heavy atom. The summed E-state index contributed by atoms with van der Waals surface area (Å²) in [6, 6.07) is 8.88. The first-order chi connectivity index (χ1) is 5.86. The van der Waals surface area contributed by atoms with Gasteiger partial charge in [-0.05, 0) is 24.5 Å². The van der Waals surface area contributed by atoms with Gasteiger partial charge in [0.2, 0.25) is 0 Å². The zero-order valence-corrected chi connectivity index (χ0v) is 7.25. The maximum absolute atomic E-state index is 2.44. The monoisotopic (exact) mass is 156 g/mol. The van der Waals surface area contributed by atoms with Gasteiger partial charge in [0, 0.05) is 11.8 Å². The lowest BCUT2D eigenvalue weighted by molar-refractivity contribution is 0.785. The smallest absolute Gasteiger partial charge is 0.00573 e. The fraction of sp³-hybridized carbons (Fsp3) is 0.333. The number of hydrogen-bond acceptors (Lipinski definition) is 0. The molecule has 2 atom stereocenters. The van der Waals surface area contributed by atoms with E-state index in [1.54, 1.807) is 16.7 Å². The highest BCUT2D eigenvalue weighted by Crippen LogP contribution is 2.51. The van der Waals surface area contributed by atoms with Crippen molar-refractivity contribution in [2.45, 2.75) is 25.2 Å². The molecule has 60 valence electrons. The molecule has 12 heavy (non-hydrogen) atoms. The number of allylic oxidation sites excluding steroid dienone is 2. The molecule has 1 aromatic rings. The first-order valence-corrected chi connectivity index (χ1v) is 4.63. The second-order valence-electron chi connectivity index (χ2n) is 3.93. The van der Waals surface area contributed by atoms with Gasteiger partial charge in [-0.2, -0.15) is 0 Å². The molecular formula is C12H12. The van der Waals surface area contributed by atoms with E-state index in [1.165, 1.54) is 6.42 Å². The van der Waals surface area contributed by atoms with Crippen LogP contribution in [-0.4, -0.2) is 0 Å². The van der Waals surface area contributed by atoms with E-state index >= 15 is 0 Å². The molecule has 2 aliphatic carbocycles. The summed E-state index contributed by atoms with van der Waals surface area (Å²) in [7, 11) is 0. The summed E-state index contributed by atoms with van der Waals surface area (Å²) >= 11 is 0. The van der Waals surface area contributed by atoms with E-state index < -0.39 is 0 Å². The fourth-order valence-electron chi connectivity index (χ4n) is 2.70. The zero-order chi connectivity index (χ0) is 8.13. The van der Waals surface area contributed by atoms with Gasteiger partial charge in [-0.3, -0.25) is 0 Å². The van der Waals surface area contributed by atoms with Crippen molar-refractivity contribution in [1.29, 1.82) is 0 Å². The molecule has 0 aromatic heterocycles. The summed E-state index contributed by atoms with van der Waals surface area (Å²) in [5.74, 6) is 1.50. The average molecular weight is 156 g/mol. The van der Waals surface area contributed by atoms with Crippen molar-refractivity contribution in [3.05, 3.63) is 47.0 Å². The van der Waals surface area contributed by atoms with Crippen molar-refractivity contribution in [2.24, 2.45) is 0 Å². The Balaban J connectivity index is 2.23. The molecule has 0 N–H and O–H groups in total. The predicted molar refractivity (Wildman–Crippen MR) is 50.3 cm³/mol. The lowest BCUT2D eigenvalue weighted by Crippen LogP contribution is -1.95. The number of hydrogen-bond donors (Lipinski definition) is 0. The third kappa shape index (κ3) is 0.632. The highest BCUT2D eigenvalue weighted by atomic mass is 14.4. The average Bonchev–Trinajstić information content (AvgIpc) is 2.62. The van der Waals surface area contributed by atoms with Gasteiger partial charge in [-0.1, -0.05) is 35.9 Å². The quantitative estimate of drug-likeness (QED) is 0.506. The van der Waals surface area contributed by atoms with E-state index in [0.29, 0.717) is 0 Å². The Kier molecular flexibility index (Phi) is 1.08. The number of rotatable bonds is 0. The van der Waals surface area contributed by atoms with Crippen LogP contribution in [0.2, 0.25) is 0 Å². The minimum absolute atomic E-state index is 0.742. The van der Waals surface area contributed by atoms with Crippen LogP contribution < -0.4 is 0 Å². The Morgan fingerprint density at radius 2 is 1.92 bits per heavy atom. The molecule has 0 unspecified atom stereocenters. The van der Waals surface area contributed by atoms with Crippen molar-refractivity contribution in [2.75, 3.05) is 0 Å². The highest BCUT2D eigenvalue weighted by molar-refractivity contribution is 5.50. The van der Waals surface area contributed by atoms with Crippen LogP contribution in [0.25, 0.3) is 0 Å². The molecule has 0 fully saturated rings. The Bertz CT molecular complexity index is 360. The van der Waals surface area contributed by atoms with Crippen molar-refractivity contribution >= 4 is 0 Å². The molecule has 0 radical (unpaired) electrons. The molecule has 1 aromatic carbocycles. The lowest BCUT2D eigenvalue weighted by Gasteiger charge is -2.13. The normalized spacial score (nSPS) is 30.2. The highest BCUT2D eigenvalue weighted by Gasteiger charge is 2.35. The summed E-state index contributed by atoms with van der Waals surface area (Å²) in [6.45, 7) is 2.26. The number of benzene rings is 1. The summed E-state index contributed by atoms with van der Waals surface area (Å²) in [4.78, 5) is 0. The molecule has 0 aliphatic heterocycles. The molecule has 3 rings (SSSR count). The molecule has 0 amide bonds. The van der Waals surface area contributed by atoms with E-state index in [0.717, 1.165) is 11.8 Å². The summed E-state index contributed by atoms with van der Waals surface area (Å²) in [5.41, 5.74) is 4.74. The summed E-state index contributed by atoms with van der Waals surface area (Å²) in [5, 5.41) is 0. The Hall–Kier alpha value is -1.04. The maximum atomic E-state index is 2.44. The van der Waals surface area contributed by atoms with Crippen molar-refractivity contribution < 1.29 is 0 Å². The van der Waals surface area contributed by atoms with Gasteiger partial charge >= 0.3 is 0 Å². The number of fused-ring (bicyclic) bond motifs is 5. The second kappa shape index (κ2) is 2.01. The fourth-order valence-corrected chi connectivity index (χ4v) is 2.70. The van der Waals surface area contributed by atoms with Crippen LogP contribution in [0.3, 0.4) is 0 Å². The third-order valence-corrected chi connectivity index (χ3v) is 3.27. The van der Waals surface area contributed by atoms with Crippen molar-refractivity contribution in [3.8, 4) is 0 Å². The van der Waals surface area contributed by atoms with Gasteiger partial charge in [0.15, 0.2) is 0 Å². The van der Waals surface area contributed by atoms with E-state index in [9.17, 15) is 0 Å². The molecule has 0 saturated carbocycles. The standard InChI is InChI=1S/C12H12/c1-8-6-9-7-12(8)11-5-3-2-4-10(9)11/h2-6,9,12H,7H2,1H3/t9-,12-/m0/s1. The van der Waals surface area contributed by atoms with Gasteiger partial charge in [-0.15, -0.1) is 0 Å². The van der Waals surface area contributed by atoms with Crippen LogP contribution in [0, 0.1) is 0 Å². The Labute approximate surface area is 72.9 Å². The van der Waals surface area contributed by atoms with Crippen molar-refractivity contribution in [1.82, 2.24) is 0 Å². The van der Waals surface area contributed by atoms with E-state index in [2.05, 4.69) is 37.3 Å². The molecule has 2 bridgehead atoms. The van der Waals surface area contributed by atoms with Crippen LogP contribution >= 0.6 is 0 Å². The molecular weight excluding hydrogens is 144 g/mol. The molecule has 0 spiro atoms. The first kappa shape index (κ1) is 6.47. The van der Waals surface area contributed by atoms with Crippen LogP contribution in [0.4, 0.5) is 0 Å². The molecule has 0 saturated heterocycles. The van der Waals surface area contributed by atoms with Crippen LogP contribution in [0.15, 0.2) is 35.9 Å². The summed E-state index contributed by atoms with van der Waals surface area (Å²) in [6.07, 6.45) is 3.78. The van der Waals surface area contributed by atoms with Gasteiger partial charge in [-0.25, -0.2) is 0 Å². The van der Waals surface area contributed by atoms with Crippen molar-refractivity contribution in [3.63, 3.8) is 0 Å². The zero-order valence-electron chi connectivity index (χ0n) is 7.25. The SMILES string of the molecule is CC1=C[C@H]2C[C@@H]1c1ccccc12. The minimum Gasteiger partial charge on any atom is -0.0774 e. The molecule has 0 nitrogen and oxygen atoms in total. The minimum atomic E-state index is 0.742. The summed E-state index contributed by atoms with van der Waals surface area (Å²) < 4.78 is 0. The maximum Gasteiger partial charge on any atom is 0.00573 e. The largest absolute Gasteiger partial charge is 0.0774 e. The Morgan fingerprint density at radius 1 is 1.17 bits per heavy atom. The van der Waals surface area contributed by atoms with Gasteiger partial charge in [0.05, 0.1) is 0 Å². The molecule has 0 heteroatoms. The third-order valence-electron chi connectivity index (χ3n) is 3.27. The van der Waals surface area contributed by atoms with E-state index in [1.807, 2.05) is 0 Å². The molecule has 2 aliphatic rings.